The predicted octanol–water partition coefficient (Wildman–Crippen LogP) is 4.47. The number of ketones is 1. The molecule has 0 N–H and O–H groups in total. The molecule has 2 aromatic carbocycles. The molecule has 0 spiro atoms. The molecule has 2 rings (SSSR count). The number of rotatable bonds is 7. The lowest BCUT2D eigenvalue weighted by Crippen LogP contribution is -2.36. The molecule has 0 bridgehead atoms. The molecule has 0 heterocycles. The van der Waals surface area contributed by atoms with Gasteiger partial charge in [0.05, 0.1) is 10.7 Å². The highest BCUT2D eigenvalue weighted by Gasteiger charge is 2.39. The number of alkyl halides is 1. The second-order valence-electron chi connectivity index (χ2n) is 5.33. The molecular weight excluding hydrogens is 358 g/mol. The standard InChI is InChI=1S/C18H18BrNO3/c1-2-15(20(22)23)16(13-9-5-3-6-10-13)17(19)18(21)14-11-7-4-8-12-14/h3-12,15-17H,2H2,1H3. The molecule has 3 atom stereocenters. The summed E-state index contributed by atoms with van der Waals surface area (Å²) in [6, 6.07) is 17.2. The Hall–Kier alpha value is -2.01. The van der Waals surface area contributed by atoms with Gasteiger partial charge in [-0.25, -0.2) is 0 Å². The van der Waals surface area contributed by atoms with Gasteiger partial charge in [-0.1, -0.05) is 83.5 Å². The maximum atomic E-state index is 12.7. The Labute approximate surface area is 143 Å². The molecule has 5 heteroatoms. The third-order valence-corrected chi connectivity index (χ3v) is 4.90. The molecule has 3 unspecified atom stereocenters. The molecule has 0 aliphatic rings. The van der Waals surface area contributed by atoms with Gasteiger partial charge in [0, 0.05) is 16.9 Å². The van der Waals surface area contributed by atoms with E-state index >= 15 is 0 Å². The number of hydrogen-bond donors (Lipinski definition) is 0. The third kappa shape index (κ3) is 4.05. The first-order chi connectivity index (χ1) is 11.1. The summed E-state index contributed by atoms with van der Waals surface area (Å²) in [5, 5.41) is 11.5. The van der Waals surface area contributed by atoms with Gasteiger partial charge in [-0.2, -0.15) is 0 Å². The van der Waals surface area contributed by atoms with Crippen LogP contribution in [0.2, 0.25) is 0 Å². The summed E-state index contributed by atoms with van der Waals surface area (Å²) in [7, 11) is 0. The lowest BCUT2D eigenvalue weighted by Gasteiger charge is -2.24. The molecule has 0 aromatic heterocycles. The predicted molar refractivity (Wildman–Crippen MR) is 93.7 cm³/mol. The fourth-order valence-corrected chi connectivity index (χ4v) is 3.64. The number of carbonyl (C=O) groups excluding carboxylic acids is 1. The van der Waals surface area contributed by atoms with Crippen LogP contribution >= 0.6 is 15.9 Å². The molecule has 4 nitrogen and oxygen atoms in total. The van der Waals surface area contributed by atoms with Crippen molar-refractivity contribution in [2.45, 2.75) is 30.1 Å². The van der Waals surface area contributed by atoms with Crippen molar-refractivity contribution in [1.29, 1.82) is 0 Å². The minimum absolute atomic E-state index is 0.139. The van der Waals surface area contributed by atoms with E-state index in [9.17, 15) is 14.9 Å². The average molecular weight is 376 g/mol. The molecule has 0 saturated heterocycles. The quantitative estimate of drug-likeness (QED) is 0.310. The molecule has 120 valence electrons. The summed E-state index contributed by atoms with van der Waals surface area (Å²) in [5.74, 6) is -0.663. The second kappa shape index (κ2) is 8.02. The maximum Gasteiger partial charge on any atom is 0.221 e. The number of nitro groups is 1. The van der Waals surface area contributed by atoms with E-state index in [1.54, 1.807) is 31.2 Å². The van der Waals surface area contributed by atoms with Crippen molar-refractivity contribution < 1.29 is 9.72 Å². The lowest BCUT2D eigenvalue weighted by molar-refractivity contribution is -0.526. The van der Waals surface area contributed by atoms with E-state index in [0.29, 0.717) is 12.0 Å². The Kier molecular flexibility index (Phi) is 6.04. The molecule has 0 radical (unpaired) electrons. The third-order valence-electron chi connectivity index (χ3n) is 3.91. The van der Waals surface area contributed by atoms with E-state index in [1.807, 2.05) is 36.4 Å². The zero-order valence-corrected chi connectivity index (χ0v) is 14.3. The first kappa shape index (κ1) is 17.3. The fraction of sp³-hybridized carbons (Fsp3) is 0.278. The van der Waals surface area contributed by atoms with Crippen molar-refractivity contribution in [3.05, 3.63) is 81.9 Å². The zero-order chi connectivity index (χ0) is 16.8. The Morgan fingerprint density at radius 2 is 1.61 bits per heavy atom. The van der Waals surface area contributed by atoms with E-state index < -0.39 is 16.8 Å². The lowest BCUT2D eigenvalue weighted by atomic mass is 9.84. The molecule has 0 aliphatic heterocycles. The summed E-state index contributed by atoms with van der Waals surface area (Å²) in [5.41, 5.74) is 1.34. The maximum absolute atomic E-state index is 12.7. The highest BCUT2D eigenvalue weighted by molar-refractivity contribution is 9.10. The van der Waals surface area contributed by atoms with Crippen LogP contribution in [0.15, 0.2) is 60.7 Å². The van der Waals surface area contributed by atoms with Gasteiger partial charge < -0.3 is 0 Å². The first-order valence-corrected chi connectivity index (χ1v) is 8.39. The fourth-order valence-electron chi connectivity index (χ4n) is 2.72. The molecular formula is C18H18BrNO3. The smallest absolute Gasteiger partial charge is 0.221 e. The van der Waals surface area contributed by atoms with Crippen molar-refractivity contribution in [2.75, 3.05) is 0 Å². The summed E-state index contributed by atoms with van der Waals surface area (Å²) >= 11 is 3.44. The van der Waals surface area contributed by atoms with Crippen molar-refractivity contribution in [3.8, 4) is 0 Å². The normalized spacial score (nSPS) is 14.7. The topological polar surface area (TPSA) is 60.2 Å². The number of benzene rings is 2. The van der Waals surface area contributed by atoms with Crippen LogP contribution in [0.1, 0.15) is 35.2 Å². The van der Waals surface area contributed by atoms with Crippen molar-refractivity contribution in [1.82, 2.24) is 0 Å². The zero-order valence-electron chi connectivity index (χ0n) is 12.8. The van der Waals surface area contributed by atoms with Crippen LogP contribution in [-0.2, 0) is 0 Å². The average Bonchev–Trinajstić information content (AvgIpc) is 2.59. The molecule has 2 aromatic rings. The molecule has 0 amide bonds. The van der Waals surface area contributed by atoms with Crippen LogP contribution in [0.3, 0.4) is 0 Å². The Morgan fingerprint density at radius 1 is 1.09 bits per heavy atom. The molecule has 0 fully saturated rings. The Balaban J connectivity index is 2.41. The van der Waals surface area contributed by atoms with E-state index in [-0.39, 0.29) is 10.7 Å². The van der Waals surface area contributed by atoms with Crippen molar-refractivity contribution >= 4 is 21.7 Å². The van der Waals surface area contributed by atoms with Gasteiger partial charge >= 0.3 is 0 Å². The Bertz CT molecular complexity index is 660. The van der Waals surface area contributed by atoms with Gasteiger partial charge in [-0.15, -0.1) is 0 Å². The number of nitrogens with zero attached hydrogens (tertiary/aromatic N) is 1. The van der Waals surface area contributed by atoms with E-state index in [1.165, 1.54) is 0 Å². The van der Waals surface area contributed by atoms with Crippen LogP contribution < -0.4 is 0 Å². The second-order valence-corrected chi connectivity index (χ2v) is 6.32. The summed E-state index contributed by atoms with van der Waals surface area (Å²) < 4.78 is 0. The van der Waals surface area contributed by atoms with Gasteiger partial charge in [0.1, 0.15) is 0 Å². The summed E-state index contributed by atoms with van der Waals surface area (Å²) in [4.78, 5) is 23.3. The Morgan fingerprint density at radius 3 is 2.09 bits per heavy atom. The van der Waals surface area contributed by atoms with Gasteiger partial charge in [0.15, 0.2) is 5.78 Å². The van der Waals surface area contributed by atoms with Crippen LogP contribution in [0.5, 0.6) is 0 Å². The van der Waals surface area contributed by atoms with Crippen LogP contribution in [0.25, 0.3) is 0 Å². The number of Topliss-reactive ketones (excluding diaryl/α,β-unsaturated/α-hetero) is 1. The minimum atomic E-state index is -0.825. The van der Waals surface area contributed by atoms with E-state index in [2.05, 4.69) is 15.9 Å². The number of hydrogen-bond acceptors (Lipinski definition) is 3. The summed E-state index contributed by atoms with van der Waals surface area (Å²) in [6.45, 7) is 1.77. The first-order valence-electron chi connectivity index (χ1n) is 7.48. The number of carbonyl (C=O) groups is 1. The minimum Gasteiger partial charge on any atom is -0.293 e. The van der Waals surface area contributed by atoms with Crippen LogP contribution in [0, 0.1) is 10.1 Å². The van der Waals surface area contributed by atoms with Gasteiger partial charge in [0.25, 0.3) is 0 Å². The van der Waals surface area contributed by atoms with Gasteiger partial charge in [-0.3, -0.25) is 14.9 Å². The molecule has 23 heavy (non-hydrogen) atoms. The highest BCUT2D eigenvalue weighted by atomic mass is 79.9. The van der Waals surface area contributed by atoms with E-state index in [4.69, 9.17) is 0 Å². The van der Waals surface area contributed by atoms with Gasteiger partial charge in [-0.05, 0) is 5.56 Å². The highest BCUT2D eigenvalue weighted by Crippen LogP contribution is 2.33. The monoisotopic (exact) mass is 375 g/mol. The molecule has 0 aliphatic carbocycles. The SMILES string of the molecule is CCC(C(c1ccccc1)C(Br)C(=O)c1ccccc1)[N+](=O)[O-]. The van der Waals surface area contributed by atoms with Gasteiger partial charge in [0.2, 0.25) is 6.04 Å². The van der Waals surface area contributed by atoms with Crippen molar-refractivity contribution in [3.63, 3.8) is 0 Å². The number of halogens is 1. The molecule has 0 saturated carbocycles. The van der Waals surface area contributed by atoms with Crippen LogP contribution in [0.4, 0.5) is 0 Å². The summed E-state index contributed by atoms with van der Waals surface area (Å²) in [6.07, 6.45) is 0.358. The van der Waals surface area contributed by atoms with Crippen LogP contribution in [-0.4, -0.2) is 21.6 Å². The largest absolute Gasteiger partial charge is 0.293 e. The van der Waals surface area contributed by atoms with E-state index in [0.717, 1.165) is 5.56 Å². The van der Waals surface area contributed by atoms with Crippen molar-refractivity contribution in [2.24, 2.45) is 0 Å².